The molecule has 14 aromatic rings. The number of hydrogen-bond donors (Lipinski definition) is 11. The van der Waals surface area contributed by atoms with Crippen LogP contribution in [0.25, 0.3) is 62.7 Å². The van der Waals surface area contributed by atoms with Crippen molar-refractivity contribution in [3.63, 3.8) is 0 Å². The van der Waals surface area contributed by atoms with E-state index >= 15 is 0 Å². The van der Waals surface area contributed by atoms with Gasteiger partial charge in [-0.2, -0.15) is 44.3 Å². The van der Waals surface area contributed by atoms with E-state index in [1.54, 1.807) is 81.0 Å². The number of fused-ring (bicyclic) bond motifs is 10. The first-order valence-electron chi connectivity index (χ1n) is 39.9. The van der Waals surface area contributed by atoms with Gasteiger partial charge in [0.1, 0.15) is 92.8 Å². The van der Waals surface area contributed by atoms with Crippen LogP contribution in [-0.2, 0) is 33.1 Å². The number of aliphatic hydroxyl groups is 3. The molecule has 3 saturated heterocycles. The summed E-state index contributed by atoms with van der Waals surface area (Å²) in [6.45, 7) is 30.5. The van der Waals surface area contributed by atoms with Gasteiger partial charge in [0.2, 0.25) is 11.2 Å². The predicted octanol–water partition coefficient (Wildman–Crippen LogP) is 19.3. The summed E-state index contributed by atoms with van der Waals surface area (Å²) in [6, 6.07) is 19.5. The highest BCUT2D eigenvalue weighted by Crippen LogP contribution is 2.61. The minimum absolute atomic E-state index is 0. The number of H-pyrrole nitrogens is 1. The van der Waals surface area contributed by atoms with Crippen molar-refractivity contribution in [3.05, 3.63) is 152 Å². The van der Waals surface area contributed by atoms with Crippen molar-refractivity contribution < 1.29 is 71.4 Å². The number of thioether (sulfide) groups is 2. The highest BCUT2D eigenvalue weighted by atomic mass is 36.0. The van der Waals surface area contributed by atoms with Crippen molar-refractivity contribution in [2.24, 2.45) is 11.1 Å². The molecule has 14 aromatic heterocycles. The van der Waals surface area contributed by atoms with Crippen LogP contribution in [0.2, 0.25) is 27.0 Å². The van der Waals surface area contributed by atoms with Crippen LogP contribution in [0.3, 0.4) is 0 Å². The van der Waals surface area contributed by atoms with Gasteiger partial charge in [-0.1, -0.05) is 65.4 Å². The first kappa shape index (κ1) is 130. The van der Waals surface area contributed by atoms with E-state index in [2.05, 4.69) is 153 Å². The summed E-state index contributed by atoms with van der Waals surface area (Å²) in [6.07, 6.45) is -1.11. The molecule has 15 N–H and O–H groups in total. The van der Waals surface area contributed by atoms with Crippen LogP contribution in [0.5, 0.6) is 0 Å². The van der Waals surface area contributed by atoms with Crippen LogP contribution in [0.4, 0.5) is 41.2 Å². The topological polar surface area (TPSA) is 663 Å². The van der Waals surface area contributed by atoms with E-state index in [1.165, 1.54) is 134 Å². The first-order chi connectivity index (χ1) is 67.6. The van der Waals surface area contributed by atoms with Gasteiger partial charge in [0.25, 0.3) is 6.54 Å². The second-order valence-electron chi connectivity index (χ2n) is 26.3. The number of anilines is 5. The van der Waals surface area contributed by atoms with Gasteiger partial charge in [-0.05, 0) is 161 Å². The minimum Gasteiger partial charge on any atom is -0.454 e. The summed E-state index contributed by atoms with van der Waals surface area (Å²) >= 11 is 65.9. The lowest BCUT2D eigenvalue weighted by atomic mass is 10.3. The molecule has 2 unspecified atom stereocenters. The highest BCUT2D eigenvalue weighted by Gasteiger charge is 2.24. The Morgan fingerprint density at radius 3 is 1.44 bits per heavy atom. The monoisotopic (exact) mass is 2390 g/mol. The zero-order valence-electron chi connectivity index (χ0n) is 76.7. The number of nitrogens with two attached hydrogens (primary N) is 4. The van der Waals surface area contributed by atoms with E-state index < -0.39 is 40.4 Å². The maximum atomic E-state index is 11.6. The molecule has 3 fully saturated rings. The van der Waals surface area contributed by atoms with E-state index in [0.717, 1.165) is 108 Å². The SMILES string of the molecule is C.CC(=O)OC(C)=O.CCO.CCOC(=O)Cl.CCOC(=O)Nc1sc(Cl)cc1C#N.CCOC(=O)Nc1sccc1C#N.CN1CCNCC1.Cc1nc2c3cc(Cl)sc3[nH]c(=O)n2n1.Cc1nc2c3cc(Cl)sc3nc(Cl)n2n1.Cc1nc2c3cc(Cl)sc3nc(N3CCN(C)CC3)n2n1.N#Cc1ccsc1N.NN=O.Nc1c2cc(Cl)sc2nc(=O)n1N.O=P(Cl)(Cl)Cl.OC1CSC(O)CS1.[C-]#[N+]CC#N.[HH].[HH].[HH].[HH].[HH].[HH]. The number of aryl methyl sites for hydroxylation is 3. The summed E-state index contributed by atoms with van der Waals surface area (Å²) in [5, 5.41) is 86.5. The minimum atomic E-state index is -3.22. The number of aliphatic hydroxyl groups excluding tert-OH is 3. The predicted molar refractivity (Wildman–Crippen MR) is 594 cm³/mol. The largest absolute Gasteiger partial charge is 0.454 e. The Balaban J connectivity index is -0.000000512. The number of aromatic nitrogens is 14. The molecule has 0 bridgehead atoms. The van der Waals surface area contributed by atoms with Crippen LogP contribution in [0.15, 0.2) is 68.1 Å². The standard InChI is InChI=1S/C13H15ClN6S.C8H4Cl2N4S.C8H5ClN4OS.C8H7ClN2O2S.C8H8N2O2S.C6H5ClN4OS.C5H4N2S.C5H12N2.C4H6O3.C4H8O2S2.C3H5ClO2.C3H2N2.C2H6O.CH4.Cl3OP.H2N2O.6H2/c1-8-15-11-9-7-10(14)21-12(9)16-13(20(11)17-8)19-5-3-18(2)4-6-19;1-3-11-6-4-2-5(9)15-7(4)12-8(10)14(6)13-3;1-3-10-6-4-2-5(9)15-7(4)11-8(14)13(6)12-3;1-2-13-8(12)11-7-5(4-10)3-6(9)14-7;1-2-12-8(11)10-7-6(5-9)3-4-13-7;7-3-1-2-4(8)11(9)6(12)10-5(2)13-3;6-3-4-1-2-8-5(4)7;1-7-4-2-6-3-5-7;1-3(5)7-4(2)6;5-3-1-7-4(6)2-8-3;1-2-6-3(4)5;1-5-3-2-4;1-2-3;;1-5(2,3)4;1-2-3;;;;;;/h7H,3-6H2,1-2H3;2H,1H3;2H,1H3,(H,11,14);3H,2H2,1H3,(H,11,12);3-4H,2H2,1H3,(H,10,11);1H,8-9H2;1-2H,7H2;6H,2-5H2,1H3;1-2H3;3-6H,1-2H2;2H2,1H3;3H2;3H,2H2,1H3;1H4;;(H2,1,3);6*1H. The van der Waals surface area contributed by atoms with Gasteiger partial charge in [-0.25, -0.2) is 55.5 Å². The Morgan fingerprint density at radius 2 is 1.03 bits per heavy atom. The Kier molecular flexibility index (Phi) is 61.9. The van der Waals surface area contributed by atoms with E-state index in [4.69, 9.17) is 151 Å². The number of nitrogens with one attached hydrogen (secondary N) is 4. The van der Waals surface area contributed by atoms with Gasteiger partial charge in [0.05, 0.1) is 79.7 Å². The number of nitrogens with zero attached hydrogens (tertiary/aromatic N) is 22. The number of piperazine rings is 2. The van der Waals surface area contributed by atoms with Gasteiger partial charge in [-0.15, -0.1) is 123 Å². The van der Waals surface area contributed by atoms with Crippen molar-refractivity contribution in [2.75, 3.05) is 144 Å². The normalized spacial score (nSPS) is 13.0. The average molecular weight is 2390 g/mol. The number of hydrogen-bond acceptors (Lipinski definition) is 46. The number of rotatable bonds is 6. The Morgan fingerprint density at radius 1 is 0.618 bits per heavy atom. The molecular weight excluding hydrogens is 2290 g/mol. The number of thiophene rings is 7. The van der Waals surface area contributed by atoms with Crippen LogP contribution in [0.1, 0.15) is 91.7 Å². The molecule has 46 nitrogen and oxygen atoms in total. The smallest absolute Gasteiger partial charge is 0.412 e. The summed E-state index contributed by atoms with van der Waals surface area (Å²) < 4.78 is 35.4. The average Bonchev–Trinajstić information content (AvgIpc) is 1.60. The van der Waals surface area contributed by atoms with Gasteiger partial charge in [0.15, 0.2) is 16.9 Å². The molecule has 0 aromatic carbocycles. The lowest BCUT2D eigenvalue weighted by molar-refractivity contribution is -0.156. The van der Waals surface area contributed by atoms with Crippen LogP contribution < -0.4 is 55.4 Å². The lowest BCUT2D eigenvalue weighted by Crippen LogP contribution is -2.45. The number of carbonyl (C=O) groups excluding carboxylic acids is 5. The molecule has 792 valence electrons. The summed E-state index contributed by atoms with van der Waals surface area (Å²) in [5.41, 5.74) is 12.3. The second kappa shape index (κ2) is 68.5. The summed E-state index contributed by atoms with van der Waals surface area (Å²) in [5.74, 6) is 12.5. The van der Waals surface area contributed by atoms with Crippen molar-refractivity contribution >= 4 is 337 Å². The maximum Gasteiger partial charge on any atom is 0.412 e. The third-order valence-corrected chi connectivity index (χ3v) is 26.1. The molecule has 2 atom stereocenters. The number of likely N-dealkylation sites (N-methyl/N-ethyl adjacent to an activating group) is 2. The quantitative estimate of drug-likeness (QED) is 0.00629. The van der Waals surface area contributed by atoms with E-state index in [0.29, 0.717) is 112 Å². The third kappa shape index (κ3) is 47.3. The van der Waals surface area contributed by atoms with E-state index in [1.807, 2.05) is 48.7 Å². The van der Waals surface area contributed by atoms with Crippen molar-refractivity contribution in [1.29, 1.82) is 21.0 Å². The second-order valence-corrected chi connectivity index (χ2v) is 46.2. The lowest BCUT2D eigenvalue weighted by Gasteiger charge is -2.32. The highest BCUT2D eigenvalue weighted by molar-refractivity contribution is 8.24. The molecule has 2 amide bonds. The molecule has 144 heavy (non-hydrogen) atoms. The number of halogens is 10. The fourth-order valence-electron chi connectivity index (χ4n) is 10.2. The van der Waals surface area contributed by atoms with Crippen molar-refractivity contribution in [1.82, 2.24) is 83.5 Å². The number of carbonyl (C=O) groups is 5. The van der Waals surface area contributed by atoms with E-state index in [-0.39, 0.29) is 58.1 Å². The van der Waals surface area contributed by atoms with Gasteiger partial charge < -0.3 is 76.4 Å². The molecular formula is C78H105Cl10N30O16PS9. The molecule has 17 heterocycles. The first-order valence-corrected chi connectivity index (χ1v) is 54.9. The molecule has 0 spiro atoms. The Hall–Kier alpha value is -9.94. The van der Waals surface area contributed by atoms with Gasteiger partial charge in [0, 0.05) is 110 Å². The Bertz CT molecular complexity index is 6890. The molecule has 3 aliphatic rings. The fourth-order valence-corrected chi connectivity index (χ4v) is 19.3. The van der Waals surface area contributed by atoms with E-state index in [9.17, 15) is 38.1 Å². The van der Waals surface area contributed by atoms with Crippen LogP contribution >= 0.6 is 223 Å². The molecule has 66 heteroatoms. The van der Waals surface area contributed by atoms with Gasteiger partial charge >= 0.3 is 46.1 Å². The van der Waals surface area contributed by atoms with Crippen molar-refractivity contribution in [2.45, 2.75) is 80.6 Å². The zero-order chi connectivity index (χ0) is 108. The molecule has 0 aliphatic carbocycles. The number of nitrogen functional groups attached to an aromatic ring is 3. The summed E-state index contributed by atoms with van der Waals surface area (Å²) in [4.78, 5) is 123. The maximum absolute atomic E-state index is 11.6. The molecule has 0 saturated carbocycles. The number of amides is 2. The number of nitroso groups, excluding NO2 is 1. The molecule has 3 aliphatic heterocycles. The summed E-state index contributed by atoms with van der Waals surface area (Å²) in [7, 11) is 4.29. The third-order valence-electron chi connectivity index (χ3n) is 15.8. The van der Waals surface area contributed by atoms with Crippen LogP contribution in [0, 0.1) is 77.6 Å². The van der Waals surface area contributed by atoms with Crippen molar-refractivity contribution in [3.8, 4) is 24.3 Å². The Labute approximate surface area is 916 Å². The number of nitriles is 4. The molecule has 17 rings (SSSR count). The number of ether oxygens (including phenoxy) is 4. The number of aromatic amines is 1. The molecule has 0 radical (unpaired) electrons. The van der Waals surface area contributed by atoms with Crippen LogP contribution in [-0.4, -0.2) is 245 Å². The fraction of sp³-hybridized carbons (Fsp3) is 0.372. The van der Waals surface area contributed by atoms with Gasteiger partial charge in [-0.3, -0.25) is 35.6 Å². The zero-order valence-corrected chi connectivity index (χ0v) is 92.5. The number of esters is 2.